The largest absolute Gasteiger partial charge is 0.508 e. The summed E-state index contributed by atoms with van der Waals surface area (Å²) >= 11 is 0. The van der Waals surface area contributed by atoms with Gasteiger partial charge in [-0.05, 0) is 41.9 Å². The molecule has 2 atom stereocenters. The van der Waals surface area contributed by atoms with Crippen LogP contribution in [0.25, 0.3) is 0 Å². The fourth-order valence-electron chi connectivity index (χ4n) is 2.97. The lowest BCUT2D eigenvalue weighted by Gasteiger charge is -2.41. The standard InChI is InChI=1S/C16H20O3/c1-4-16(3)8-12-11(7-13(16)10(2)9-17)14(18)5-6-15(12)19/h4-6,13,17-19H,1-2,7-9H2,3H3. The van der Waals surface area contributed by atoms with Crippen LogP contribution in [-0.4, -0.2) is 21.9 Å². The number of hydrogen-bond acceptors (Lipinski definition) is 3. The molecule has 1 aliphatic rings. The number of rotatable bonds is 3. The van der Waals surface area contributed by atoms with Gasteiger partial charge in [0.05, 0.1) is 6.61 Å². The summed E-state index contributed by atoms with van der Waals surface area (Å²) < 4.78 is 0. The second-order valence-electron chi connectivity index (χ2n) is 5.52. The van der Waals surface area contributed by atoms with Crippen LogP contribution in [0.4, 0.5) is 0 Å². The van der Waals surface area contributed by atoms with Gasteiger partial charge in [-0.25, -0.2) is 0 Å². The Labute approximate surface area is 113 Å². The molecule has 0 bridgehead atoms. The third kappa shape index (κ3) is 2.15. The van der Waals surface area contributed by atoms with E-state index in [-0.39, 0.29) is 29.4 Å². The minimum absolute atomic E-state index is 0.00944. The molecule has 3 N–H and O–H groups in total. The summed E-state index contributed by atoms with van der Waals surface area (Å²) in [4.78, 5) is 0. The van der Waals surface area contributed by atoms with Gasteiger partial charge in [0, 0.05) is 11.1 Å². The van der Waals surface area contributed by atoms with Crippen molar-refractivity contribution in [3.8, 4) is 11.5 Å². The van der Waals surface area contributed by atoms with Crippen LogP contribution >= 0.6 is 0 Å². The highest BCUT2D eigenvalue weighted by Crippen LogP contribution is 2.48. The third-order valence-electron chi connectivity index (χ3n) is 4.31. The van der Waals surface area contributed by atoms with Crippen LogP contribution in [0.5, 0.6) is 11.5 Å². The lowest BCUT2D eigenvalue weighted by Crippen LogP contribution is -2.35. The summed E-state index contributed by atoms with van der Waals surface area (Å²) in [5, 5.41) is 29.3. The number of allylic oxidation sites excluding steroid dienone is 1. The van der Waals surface area contributed by atoms with Gasteiger partial charge in [0.15, 0.2) is 0 Å². The molecule has 2 rings (SSSR count). The van der Waals surface area contributed by atoms with E-state index >= 15 is 0 Å². The fourth-order valence-corrected chi connectivity index (χ4v) is 2.97. The zero-order valence-corrected chi connectivity index (χ0v) is 11.2. The van der Waals surface area contributed by atoms with Crippen molar-refractivity contribution in [1.82, 2.24) is 0 Å². The molecule has 0 saturated carbocycles. The maximum Gasteiger partial charge on any atom is 0.119 e. The number of phenols is 2. The number of fused-ring (bicyclic) bond motifs is 1. The molecule has 3 nitrogen and oxygen atoms in total. The summed E-state index contributed by atoms with van der Waals surface area (Å²) in [6.07, 6.45) is 2.98. The molecule has 1 aromatic rings. The molecular weight excluding hydrogens is 240 g/mol. The van der Waals surface area contributed by atoms with Gasteiger partial charge in [-0.1, -0.05) is 19.6 Å². The molecule has 0 saturated heterocycles. The zero-order chi connectivity index (χ0) is 14.2. The lowest BCUT2D eigenvalue weighted by molar-refractivity contribution is 0.229. The Morgan fingerprint density at radius 1 is 1.37 bits per heavy atom. The van der Waals surface area contributed by atoms with Crippen molar-refractivity contribution in [3.63, 3.8) is 0 Å². The summed E-state index contributed by atoms with van der Waals surface area (Å²) in [6, 6.07) is 3.02. The number of aliphatic hydroxyl groups is 1. The molecule has 102 valence electrons. The average molecular weight is 260 g/mol. The minimum Gasteiger partial charge on any atom is -0.508 e. The Morgan fingerprint density at radius 3 is 2.47 bits per heavy atom. The van der Waals surface area contributed by atoms with Crippen molar-refractivity contribution in [3.05, 3.63) is 48.1 Å². The highest BCUT2D eigenvalue weighted by atomic mass is 16.3. The molecule has 19 heavy (non-hydrogen) atoms. The van der Waals surface area contributed by atoms with Gasteiger partial charge >= 0.3 is 0 Å². The molecule has 1 aliphatic carbocycles. The van der Waals surface area contributed by atoms with Gasteiger partial charge in [0.2, 0.25) is 0 Å². The second-order valence-corrected chi connectivity index (χ2v) is 5.52. The normalized spacial score (nSPS) is 25.7. The van der Waals surface area contributed by atoms with Gasteiger partial charge in [-0.3, -0.25) is 0 Å². The molecule has 2 unspecified atom stereocenters. The van der Waals surface area contributed by atoms with E-state index in [1.54, 1.807) is 0 Å². The van der Waals surface area contributed by atoms with E-state index in [4.69, 9.17) is 0 Å². The van der Waals surface area contributed by atoms with Gasteiger partial charge in [-0.15, -0.1) is 6.58 Å². The van der Waals surface area contributed by atoms with Crippen LogP contribution in [0.1, 0.15) is 18.1 Å². The predicted molar refractivity (Wildman–Crippen MR) is 75.2 cm³/mol. The highest BCUT2D eigenvalue weighted by molar-refractivity contribution is 5.51. The van der Waals surface area contributed by atoms with Crippen LogP contribution in [0.3, 0.4) is 0 Å². The Bertz CT molecular complexity index is 533. The Kier molecular flexibility index (Phi) is 3.42. The maximum absolute atomic E-state index is 9.97. The van der Waals surface area contributed by atoms with Crippen LogP contribution in [0, 0.1) is 11.3 Å². The average Bonchev–Trinajstić information content (AvgIpc) is 2.42. The van der Waals surface area contributed by atoms with Crippen molar-refractivity contribution < 1.29 is 15.3 Å². The molecule has 0 aliphatic heterocycles. The Morgan fingerprint density at radius 2 is 1.95 bits per heavy atom. The van der Waals surface area contributed by atoms with Gasteiger partial charge in [0.1, 0.15) is 11.5 Å². The maximum atomic E-state index is 9.97. The lowest BCUT2D eigenvalue weighted by atomic mass is 9.63. The van der Waals surface area contributed by atoms with Crippen LogP contribution in [0.2, 0.25) is 0 Å². The monoisotopic (exact) mass is 260 g/mol. The smallest absolute Gasteiger partial charge is 0.119 e. The quantitative estimate of drug-likeness (QED) is 0.578. The van der Waals surface area contributed by atoms with Crippen LogP contribution in [-0.2, 0) is 12.8 Å². The summed E-state index contributed by atoms with van der Waals surface area (Å²) in [6.45, 7) is 9.76. The minimum atomic E-state index is -0.280. The molecular formula is C16H20O3. The summed E-state index contributed by atoms with van der Waals surface area (Å²) in [5.74, 6) is 0.402. The van der Waals surface area contributed by atoms with Crippen molar-refractivity contribution in [2.45, 2.75) is 19.8 Å². The van der Waals surface area contributed by atoms with E-state index in [0.717, 1.165) is 16.7 Å². The molecule has 3 heteroatoms. The number of phenolic OH excluding ortho intramolecular Hbond substituents is 2. The zero-order valence-electron chi connectivity index (χ0n) is 11.2. The van der Waals surface area contributed by atoms with Gasteiger partial charge in [-0.2, -0.15) is 0 Å². The number of benzene rings is 1. The van der Waals surface area contributed by atoms with E-state index in [1.165, 1.54) is 12.1 Å². The summed E-state index contributed by atoms with van der Waals surface area (Å²) in [5.41, 5.74) is 1.97. The number of aliphatic hydroxyl groups excluding tert-OH is 1. The van der Waals surface area contributed by atoms with Crippen LogP contribution in [0.15, 0.2) is 36.9 Å². The van der Waals surface area contributed by atoms with E-state index in [1.807, 2.05) is 13.0 Å². The van der Waals surface area contributed by atoms with Crippen molar-refractivity contribution >= 4 is 0 Å². The van der Waals surface area contributed by atoms with Crippen molar-refractivity contribution in [1.29, 1.82) is 0 Å². The first kappa shape index (κ1) is 13.7. The molecule has 0 amide bonds. The fraction of sp³-hybridized carbons (Fsp3) is 0.375. The highest BCUT2D eigenvalue weighted by Gasteiger charge is 2.39. The molecule has 1 aromatic carbocycles. The first-order valence-electron chi connectivity index (χ1n) is 6.37. The topological polar surface area (TPSA) is 60.7 Å². The van der Waals surface area contributed by atoms with E-state index < -0.39 is 0 Å². The first-order chi connectivity index (χ1) is 8.92. The van der Waals surface area contributed by atoms with E-state index in [0.29, 0.717) is 12.8 Å². The van der Waals surface area contributed by atoms with E-state index in [9.17, 15) is 15.3 Å². The molecule has 0 aromatic heterocycles. The van der Waals surface area contributed by atoms with Gasteiger partial charge in [0.25, 0.3) is 0 Å². The molecule has 0 radical (unpaired) electrons. The van der Waals surface area contributed by atoms with Crippen molar-refractivity contribution in [2.24, 2.45) is 11.3 Å². The Hall–Kier alpha value is -1.74. The first-order valence-corrected chi connectivity index (χ1v) is 6.37. The molecule has 0 fully saturated rings. The molecule has 0 spiro atoms. The van der Waals surface area contributed by atoms with Crippen molar-refractivity contribution in [2.75, 3.05) is 6.61 Å². The SMILES string of the molecule is C=CC1(C)Cc2c(O)ccc(O)c2CC1C(=C)CO. The van der Waals surface area contributed by atoms with Gasteiger partial charge < -0.3 is 15.3 Å². The van der Waals surface area contributed by atoms with Crippen LogP contribution < -0.4 is 0 Å². The van der Waals surface area contributed by atoms with E-state index in [2.05, 4.69) is 13.2 Å². The number of aromatic hydroxyl groups is 2. The Balaban J connectivity index is 2.54. The second kappa shape index (κ2) is 4.74. The number of hydrogen-bond donors (Lipinski definition) is 3. The third-order valence-corrected chi connectivity index (χ3v) is 4.31. The molecule has 0 heterocycles. The predicted octanol–water partition coefficient (Wildman–Crippen LogP) is 2.55. The summed E-state index contributed by atoms with van der Waals surface area (Å²) in [7, 11) is 0.